The van der Waals surface area contributed by atoms with Crippen LogP contribution < -0.4 is 11.1 Å². The zero-order valence-corrected chi connectivity index (χ0v) is 15.3. The number of benzene rings is 1. The molecule has 1 amide bonds. The van der Waals surface area contributed by atoms with Gasteiger partial charge >= 0.3 is 11.7 Å². The predicted molar refractivity (Wildman–Crippen MR) is 98.0 cm³/mol. The molecule has 0 saturated heterocycles. The average Bonchev–Trinajstić information content (AvgIpc) is 3.35. The van der Waals surface area contributed by atoms with Gasteiger partial charge in [-0.1, -0.05) is 18.6 Å². The third-order valence-electron chi connectivity index (χ3n) is 6.05. The molecule has 2 aliphatic rings. The first-order chi connectivity index (χ1) is 13.0. The fourth-order valence-corrected chi connectivity index (χ4v) is 4.79. The van der Waals surface area contributed by atoms with Crippen molar-refractivity contribution in [3.63, 3.8) is 0 Å². The van der Waals surface area contributed by atoms with Crippen LogP contribution in [0.15, 0.2) is 33.5 Å². The first-order valence-corrected chi connectivity index (χ1v) is 9.54. The van der Waals surface area contributed by atoms with E-state index in [1.54, 1.807) is 24.3 Å². The van der Waals surface area contributed by atoms with Gasteiger partial charge in [-0.15, -0.1) is 0 Å². The van der Waals surface area contributed by atoms with Gasteiger partial charge in [0, 0.05) is 6.04 Å². The van der Waals surface area contributed by atoms with Crippen molar-refractivity contribution >= 4 is 23.0 Å². The number of nitrogens with one attached hydrogen (secondary N) is 1. The van der Waals surface area contributed by atoms with Crippen LogP contribution in [-0.4, -0.2) is 29.1 Å². The second kappa shape index (κ2) is 7.21. The van der Waals surface area contributed by atoms with Gasteiger partial charge in [-0.05, 0) is 56.1 Å². The molecule has 1 aromatic heterocycles. The summed E-state index contributed by atoms with van der Waals surface area (Å²) in [4.78, 5) is 36.1. The number of oxazole rings is 1. The number of esters is 1. The van der Waals surface area contributed by atoms with E-state index in [1.807, 2.05) is 6.92 Å². The monoisotopic (exact) mass is 372 g/mol. The predicted octanol–water partition coefficient (Wildman–Crippen LogP) is 2.08. The van der Waals surface area contributed by atoms with E-state index >= 15 is 0 Å². The molecule has 0 aliphatic heterocycles. The second-order valence-corrected chi connectivity index (χ2v) is 7.78. The van der Waals surface area contributed by atoms with Crippen molar-refractivity contribution in [2.75, 3.05) is 6.61 Å². The summed E-state index contributed by atoms with van der Waals surface area (Å²) in [5, 5.41) is 2.96. The van der Waals surface area contributed by atoms with E-state index in [2.05, 4.69) is 5.32 Å². The number of ether oxygens (including phenoxy) is 1. The van der Waals surface area contributed by atoms with Crippen LogP contribution in [0.1, 0.15) is 32.6 Å². The first-order valence-electron chi connectivity index (χ1n) is 9.54. The number of nitrogens with zero attached hydrogens (tertiary/aromatic N) is 1. The number of fused-ring (bicyclic) bond motifs is 3. The number of amides is 1. The van der Waals surface area contributed by atoms with Crippen LogP contribution >= 0.6 is 0 Å². The maximum absolute atomic E-state index is 12.1. The lowest BCUT2D eigenvalue weighted by Gasteiger charge is -2.28. The summed E-state index contributed by atoms with van der Waals surface area (Å²) in [7, 11) is 0. The van der Waals surface area contributed by atoms with E-state index in [0.29, 0.717) is 22.9 Å². The van der Waals surface area contributed by atoms with Gasteiger partial charge < -0.3 is 14.5 Å². The summed E-state index contributed by atoms with van der Waals surface area (Å²) in [5.74, 6) is 0.491. The van der Waals surface area contributed by atoms with Gasteiger partial charge in [0.15, 0.2) is 12.2 Å². The van der Waals surface area contributed by atoms with Crippen LogP contribution in [0.4, 0.5) is 0 Å². The summed E-state index contributed by atoms with van der Waals surface area (Å²) in [5.41, 5.74) is 0.932. The minimum Gasteiger partial charge on any atom is -0.454 e. The van der Waals surface area contributed by atoms with Gasteiger partial charge in [-0.3, -0.25) is 14.2 Å². The van der Waals surface area contributed by atoms with Crippen LogP contribution in [0, 0.1) is 17.8 Å². The molecule has 0 radical (unpaired) electrons. The van der Waals surface area contributed by atoms with Gasteiger partial charge in [-0.25, -0.2) is 4.79 Å². The summed E-state index contributed by atoms with van der Waals surface area (Å²) < 4.78 is 11.3. The molecule has 2 saturated carbocycles. The molecule has 1 N–H and O–H groups in total. The molecule has 4 rings (SSSR count). The minimum absolute atomic E-state index is 0.0898. The Morgan fingerprint density at radius 2 is 2.11 bits per heavy atom. The molecule has 1 heterocycles. The van der Waals surface area contributed by atoms with Gasteiger partial charge in [-0.2, -0.15) is 0 Å². The molecule has 2 aliphatic carbocycles. The Balaban J connectivity index is 1.28. The van der Waals surface area contributed by atoms with E-state index in [-0.39, 0.29) is 25.1 Å². The Morgan fingerprint density at radius 1 is 1.30 bits per heavy atom. The summed E-state index contributed by atoms with van der Waals surface area (Å²) in [6.45, 7) is 1.40. The first kappa shape index (κ1) is 17.8. The van der Waals surface area contributed by atoms with Crippen LogP contribution in [0.2, 0.25) is 0 Å². The Bertz CT molecular complexity index is 914. The van der Waals surface area contributed by atoms with Crippen molar-refractivity contribution in [3.8, 4) is 0 Å². The standard InChI is InChI=1S/C20H24N2O5/c1-12(15-9-13-6-7-14(15)8-13)21-18(23)11-26-19(24)10-22-16-4-2-3-5-17(16)27-20(22)25/h2-5,12-15H,6-11H2,1H3,(H,21,23)/t12-,13-,14-,15+/m0/s1. The van der Waals surface area contributed by atoms with Gasteiger partial charge in [0.2, 0.25) is 0 Å². The molecular formula is C20H24N2O5. The molecule has 1 aromatic carbocycles. The highest BCUT2D eigenvalue weighted by Gasteiger charge is 2.42. The highest BCUT2D eigenvalue weighted by atomic mass is 16.5. The number of carbonyl (C=O) groups excluding carboxylic acids is 2. The number of rotatable bonds is 6. The highest BCUT2D eigenvalue weighted by molar-refractivity contribution is 5.81. The van der Waals surface area contributed by atoms with Crippen LogP contribution in [0.3, 0.4) is 0 Å². The zero-order valence-electron chi connectivity index (χ0n) is 15.3. The van der Waals surface area contributed by atoms with Crippen molar-refractivity contribution in [2.45, 2.75) is 45.2 Å². The molecule has 2 aromatic rings. The lowest BCUT2D eigenvalue weighted by atomic mass is 9.84. The van der Waals surface area contributed by atoms with E-state index in [4.69, 9.17) is 9.15 Å². The van der Waals surface area contributed by atoms with Crippen LogP contribution in [0.25, 0.3) is 11.1 Å². The quantitative estimate of drug-likeness (QED) is 0.784. The van der Waals surface area contributed by atoms with E-state index in [1.165, 1.54) is 30.3 Å². The zero-order chi connectivity index (χ0) is 19.0. The Kier molecular flexibility index (Phi) is 4.76. The lowest BCUT2D eigenvalue weighted by molar-refractivity contribution is -0.149. The Morgan fingerprint density at radius 3 is 2.85 bits per heavy atom. The third kappa shape index (κ3) is 3.63. The van der Waals surface area contributed by atoms with Crippen molar-refractivity contribution in [1.29, 1.82) is 0 Å². The number of para-hydroxylation sites is 2. The van der Waals surface area contributed by atoms with Crippen LogP contribution in [0.5, 0.6) is 0 Å². The smallest absolute Gasteiger partial charge is 0.420 e. The summed E-state index contributed by atoms with van der Waals surface area (Å²) >= 11 is 0. The van der Waals surface area contributed by atoms with Crippen molar-refractivity contribution < 1.29 is 18.7 Å². The van der Waals surface area contributed by atoms with Crippen molar-refractivity contribution in [1.82, 2.24) is 9.88 Å². The molecule has 4 atom stereocenters. The second-order valence-electron chi connectivity index (χ2n) is 7.78. The topological polar surface area (TPSA) is 90.5 Å². The maximum atomic E-state index is 12.1. The van der Waals surface area contributed by atoms with Gasteiger partial charge in [0.25, 0.3) is 5.91 Å². The molecule has 2 bridgehead atoms. The summed E-state index contributed by atoms with van der Waals surface area (Å²) in [6.07, 6.45) is 5.05. The largest absolute Gasteiger partial charge is 0.454 e. The number of aromatic nitrogens is 1. The van der Waals surface area contributed by atoms with Crippen molar-refractivity contribution in [2.24, 2.45) is 17.8 Å². The molecule has 7 nitrogen and oxygen atoms in total. The van der Waals surface area contributed by atoms with Crippen molar-refractivity contribution in [3.05, 3.63) is 34.8 Å². The third-order valence-corrected chi connectivity index (χ3v) is 6.05. The highest BCUT2D eigenvalue weighted by Crippen LogP contribution is 2.49. The molecule has 27 heavy (non-hydrogen) atoms. The SMILES string of the molecule is C[C@H](NC(=O)COC(=O)Cn1c(=O)oc2ccccc21)[C@H]1C[C@H]2CC[C@H]1C2. The maximum Gasteiger partial charge on any atom is 0.420 e. The average molecular weight is 372 g/mol. The van der Waals surface area contributed by atoms with E-state index in [0.717, 1.165) is 5.92 Å². The number of hydrogen-bond donors (Lipinski definition) is 1. The lowest BCUT2D eigenvalue weighted by Crippen LogP contribution is -2.42. The fraction of sp³-hybridized carbons (Fsp3) is 0.550. The molecule has 0 spiro atoms. The minimum atomic E-state index is -0.647. The Hall–Kier alpha value is -2.57. The molecule has 7 heteroatoms. The summed E-state index contributed by atoms with van der Waals surface area (Å²) in [6, 6.07) is 6.94. The van der Waals surface area contributed by atoms with E-state index < -0.39 is 11.7 Å². The number of carbonyl (C=O) groups is 2. The van der Waals surface area contributed by atoms with E-state index in [9.17, 15) is 14.4 Å². The molecule has 144 valence electrons. The normalized spacial score (nSPS) is 24.9. The van der Waals surface area contributed by atoms with Gasteiger partial charge in [0.05, 0.1) is 5.52 Å². The fourth-order valence-electron chi connectivity index (χ4n) is 4.79. The van der Waals surface area contributed by atoms with Gasteiger partial charge in [0.1, 0.15) is 6.54 Å². The molecule has 2 fully saturated rings. The number of hydrogen-bond acceptors (Lipinski definition) is 5. The van der Waals surface area contributed by atoms with Crippen LogP contribution in [-0.2, 0) is 20.9 Å². The Labute approximate surface area is 156 Å². The molecular weight excluding hydrogens is 348 g/mol. The molecule has 0 unspecified atom stereocenters.